The van der Waals surface area contributed by atoms with Crippen LogP contribution in [0.1, 0.15) is 21.9 Å². The molecular weight excluding hydrogens is 276 g/mol. The molecule has 0 saturated carbocycles. The fourth-order valence-electron chi connectivity index (χ4n) is 1.87. The fraction of sp³-hybridized carbons (Fsp3) is 0.267. The number of carboxylic acid groups (broad SMARTS) is 1. The van der Waals surface area contributed by atoms with Crippen molar-refractivity contribution >= 4 is 5.97 Å². The minimum atomic E-state index is -1.12. The molecule has 6 nitrogen and oxygen atoms in total. The highest BCUT2D eigenvalue weighted by Gasteiger charge is 2.15. The maximum Gasteiger partial charge on any atom is 0.371 e. The van der Waals surface area contributed by atoms with Gasteiger partial charge in [-0.2, -0.15) is 0 Å². The van der Waals surface area contributed by atoms with E-state index in [0.29, 0.717) is 23.0 Å². The number of benzene rings is 1. The molecule has 0 fully saturated rings. The summed E-state index contributed by atoms with van der Waals surface area (Å²) < 4.78 is 21.3. The van der Waals surface area contributed by atoms with Crippen LogP contribution in [0.3, 0.4) is 0 Å². The molecule has 112 valence electrons. The van der Waals surface area contributed by atoms with Crippen LogP contribution in [0.25, 0.3) is 0 Å². The second kappa shape index (κ2) is 6.21. The molecule has 0 saturated heterocycles. The standard InChI is InChI=1S/C15H16O6/c1-9-6-12(18-2)14(13(7-9)19-3)20-8-10-4-5-11(21-10)15(16)17/h4-7H,8H2,1-3H3,(H,16,17). The van der Waals surface area contributed by atoms with E-state index in [4.69, 9.17) is 23.7 Å². The van der Waals surface area contributed by atoms with Crippen molar-refractivity contribution in [1.82, 2.24) is 0 Å². The van der Waals surface area contributed by atoms with Crippen molar-refractivity contribution in [3.8, 4) is 17.2 Å². The first-order valence-electron chi connectivity index (χ1n) is 6.22. The van der Waals surface area contributed by atoms with Gasteiger partial charge in [0.15, 0.2) is 11.5 Å². The Morgan fingerprint density at radius 1 is 1.19 bits per heavy atom. The average Bonchev–Trinajstić information content (AvgIpc) is 2.94. The molecule has 0 aliphatic rings. The Bertz CT molecular complexity index is 618. The smallest absolute Gasteiger partial charge is 0.371 e. The Hall–Kier alpha value is -2.63. The number of carboxylic acids is 1. The molecule has 1 aromatic heterocycles. The van der Waals surface area contributed by atoms with Gasteiger partial charge < -0.3 is 23.7 Å². The summed E-state index contributed by atoms with van der Waals surface area (Å²) in [5.74, 6) is 0.674. The number of carbonyl (C=O) groups is 1. The molecule has 0 bridgehead atoms. The minimum absolute atomic E-state index is 0.0725. The zero-order valence-corrected chi connectivity index (χ0v) is 12.0. The summed E-state index contributed by atoms with van der Waals surface area (Å²) in [6.07, 6.45) is 0. The third-order valence-electron chi connectivity index (χ3n) is 2.84. The SMILES string of the molecule is COc1cc(C)cc(OC)c1OCc1ccc(C(=O)O)o1. The molecule has 0 unspecified atom stereocenters. The van der Waals surface area contributed by atoms with Gasteiger partial charge in [-0.25, -0.2) is 4.79 Å². The Labute approximate surface area is 121 Å². The van der Waals surface area contributed by atoms with Gasteiger partial charge in [0.25, 0.3) is 0 Å². The molecule has 0 atom stereocenters. The van der Waals surface area contributed by atoms with Gasteiger partial charge in [-0.1, -0.05) is 0 Å². The molecule has 2 aromatic rings. The van der Waals surface area contributed by atoms with Gasteiger partial charge in [-0.15, -0.1) is 0 Å². The highest BCUT2D eigenvalue weighted by molar-refractivity contribution is 5.84. The van der Waals surface area contributed by atoms with Crippen molar-refractivity contribution in [2.75, 3.05) is 14.2 Å². The largest absolute Gasteiger partial charge is 0.493 e. The van der Waals surface area contributed by atoms with E-state index in [0.717, 1.165) is 5.56 Å². The van der Waals surface area contributed by atoms with E-state index in [1.807, 2.05) is 19.1 Å². The van der Waals surface area contributed by atoms with E-state index in [1.54, 1.807) is 6.07 Å². The number of methoxy groups -OCH3 is 2. The van der Waals surface area contributed by atoms with Crippen molar-refractivity contribution in [1.29, 1.82) is 0 Å². The first-order chi connectivity index (χ1) is 10.0. The van der Waals surface area contributed by atoms with Gasteiger partial charge in [0.2, 0.25) is 11.5 Å². The summed E-state index contributed by atoms with van der Waals surface area (Å²) in [5.41, 5.74) is 0.974. The average molecular weight is 292 g/mol. The molecule has 0 aliphatic heterocycles. The molecule has 0 amide bonds. The van der Waals surface area contributed by atoms with Crippen molar-refractivity contribution in [2.24, 2.45) is 0 Å². The predicted molar refractivity (Wildman–Crippen MR) is 74.3 cm³/mol. The lowest BCUT2D eigenvalue weighted by atomic mass is 10.2. The summed E-state index contributed by atoms with van der Waals surface area (Å²) in [6, 6.07) is 6.58. The first-order valence-corrected chi connectivity index (χ1v) is 6.22. The molecule has 0 aliphatic carbocycles. The van der Waals surface area contributed by atoms with Crippen LogP contribution in [-0.2, 0) is 6.61 Å². The van der Waals surface area contributed by atoms with Crippen molar-refractivity contribution in [3.63, 3.8) is 0 Å². The summed E-state index contributed by atoms with van der Waals surface area (Å²) in [5, 5.41) is 8.80. The van der Waals surface area contributed by atoms with Gasteiger partial charge in [0.05, 0.1) is 14.2 Å². The highest BCUT2D eigenvalue weighted by Crippen LogP contribution is 2.38. The maximum atomic E-state index is 10.8. The number of furan rings is 1. The number of rotatable bonds is 6. The van der Waals surface area contributed by atoms with Gasteiger partial charge >= 0.3 is 5.97 Å². The second-order valence-corrected chi connectivity index (χ2v) is 4.36. The summed E-state index contributed by atoms with van der Waals surface area (Å²) in [6.45, 7) is 1.99. The number of ether oxygens (including phenoxy) is 3. The van der Waals surface area contributed by atoms with Gasteiger partial charge in [0, 0.05) is 0 Å². The quantitative estimate of drug-likeness (QED) is 0.882. The summed E-state index contributed by atoms with van der Waals surface area (Å²) in [4.78, 5) is 10.8. The zero-order chi connectivity index (χ0) is 15.4. The normalized spacial score (nSPS) is 10.2. The zero-order valence-electron chi connectivity index (χ0n) is 12.0. The molecule has 1 N–H and O–H groups in total. The van der Waals surface area contributed by atoms with Gasteiger partial charge in [-0.05, 0) is 36.8 Å². The first kappa shape index (κ1) is 14.8. The minimum Gasteiger partial charge on any atom is -0.493 e. The number of aromatic carboxylic acids is 1. The molecule has 1 aromatic carbocycles. The topological polar surface area (TPSA) is 78.1 Å². The molecule has 6 heteroatoms. The Morgan fingerprint density at radius 2 is 1.81 bits per heavy atom. The van der Waals surface area contributed by atoms with E-state index in [9.17, 15) is 4.79 Å². The maximum absolute atomic E-state index is 10.8. The van der Waals surface area contributed by atoms with Gasteiger partial charge in [0.1, 0.15) is 12.4 Å². The van der Waals surface area contributed by atoms with E-state index >= 15 is 0 Å². The van der Waals surface area contributed by atoms with E-state index in [1.165, 1.54) is 20.3 Å². The molecule has 21 heavy (non-hydrogen) atoms. The van der Waals surface area contributed by atoms with Crippen molar-refractivity contribution < 1.29 is 28.5 Å². The Morgan fingerprint density at radius 3 is 2.29 bits per heavy atom. The summed E-state index contributed by atoms with van der Waals surface area (Å²) >= 11 is 0. The number of hydrogen-bond donors (Lipinski definition) is 1. The van der Waals surface area contributed by atoms with Crippen molar-refractivity contribution in [3.05, 3.63) is 41.3 Å². The highest BCUT2D eigenvalue weighted by atomic mass is 16.5. The van der Waals surface area contributed by atoms with Crippen LogP contribution in [-0.4, -0.2) is 25.3 Å². The monoisotopic (exact) mass is 292 g/mol. The second-order valence-electron chi connectivity index (χ2n) is 4.36. The molecule has 0 spiro atoms. The predicted octanol–water partition coefficient (Wildman–Crippen LogP) is 2.88. The van der Waals surface area contributed by atoms with E-state index in [2.05, 4.69) is 0 Å². The van der Waals surface area contributed by atoms with Crippen LogP contribution in [0, 0.1) is 6.92 Å². The lowest BCUT2D eigenvalue weighted by Gasteiger charge is -2.14. The van der Waals surface area contributed by atoms with Crippen molar-refractivity contribution in [2.45, 2.75) is 13.5 Å². The third-order valence-corrected chi connectivity index (χ3v) is 2.84. The fourth-order valence-corrected chi connectivity index (χ4v) is 1.87. The van der Waals surface area contributed by atoms with Crippen LogP contribution >= 0.6 is 0 Å². The lowest BCUT2D eigenvalue weighted by Crippen LogP contribution is -2.00. The lowest BCUT2D eigenvalue weighted by molar-refractivity contribution is 0.0658. The van der Waals surface area contributed by atoms with Crippen LogP contribution in [0.4, 0.5) is 0 Å². The molecule has 1 heterocycles. The van der Waals surface area contributed by atoms with E-state index < -0.39 is 5.97 Å². The van der Waals surface area contributed by atoms with Gasteiger partial charge in [-0.3, -0.25) is 0 Å². The Balaban J connectivity index is 2.20. The van der Waals surface area contributed by atoms with Crippen LogP contribution in [0.5, 0.6) is 17.2 Å². The molecular formula is C15H16O6. The number of hydrogen-bond acceptors (Lipinski definition) is 5. The van der Waals surface area contributed by atoms with Crippen LogP contribution in [0.15, 0.2) is 28.7 Å². The van der Waals surface area contributed by atoms with Crippen LogP contribution < -0.4 is 14.2 Å². The van der Waals surface area contributed by atoms with E-state index in [-0.39, 0.29) is 12.4 Å². The molecule has 2 rings (SSSR count). The van der Waals surface area contributed by atoms with Crippen LogP contribution in [0.2, 0.25) is 0 Å². The number of aryl methyl sites for hydroxylation is 1. The third kappa shape index (κ3) is 3.28. The summed E-state index contributed by atoms with van der Waals surface area (Å²) in [7, 11) is 3.08. The Kier molecular flexibility index (Phi) is 4.37. The molecule has 0 radical (unpaired) electrons.